The highest BCUT2D eigenvalue weighted by Crippen LogP contribution is 2.08. The number of aliphatic hydroxyl groups is 1. The van der Waals surface area contributed by atoms with Crippen LogP contribution in [0, 0.1) is 0 Å². The van der Waals surface area contributed by atoms with Crippen LogP contribution in [-0.2, 0) is 0 Å². The SMILES string of the molecule is CC(O)CC(CCCl)N(C)C. The third kappa shape index (κ3) is 5.48. The number of aliphatic hydroxyl groups excluding tert-OH is 1. The molecule has 0 rings (SSSR count). The number of nitrogens with zero attached hydrogens (tertiary/aromatic N) is 1. The average Bonchev–Trinajstić information content (AvgIpc) is 1.86. The molecule has 0 aromatic carbocycles. The molecule has 11 heavy (non-hydrogen) atoms. The second-order valence-corrected chi connectivity index (χ2v) is 3.56. The van der Waals surface area contributed by atoms with Gasteiger partial charge < -0.3 is 10.0 Å². The second kappa shape index (κ2) is 5.81. The van der Waals surface area contributed by atoms with Gasteiger partial charge in [-0.1, -0.05) is 0 Å². The first kappa shape index (κ1) is 11.2. The van der Waals surface area contributed by atoms with Gasteiger partial charge in [0.05, 0.1) is 6.10 Å². The third-order valence-electron chi connectivity index (χ3n) is 1.79. The number of alkyl halides is 1. The van der Waals surface area contributed by atoms with Crippen molar-refractivity contribution in [3.8, 4) is 0 Å². The van der Waals surface area contributed by atoms with E-state index in [0.29, 0.717) is 11.9 Å². The summed E-state index contributed by atoms with van der Waals surface area (Å²) < 4.78 is 0. The molecule has 0 bridgehead atoms. The van der Waals surface area contributed by atoms with Crippen molar-refractivity contribution >= 4 is 11.6 Å². The molecule has 0 heterocycles. The van der Waals surface area contributed by atoms with E-state index in [0.717, 1.165) is 12.8 Å². The fourth-order valence-corrected chi connectivity index (χ4v) is 1.36. The van der Waals surface area contributed by atoms with Crippen LogP contribution in [0.1, 0.15) is 19.8 Å². The van der Waals surface area contributed by atoms with Crippen LogP contribution in [0.15, 0.2) is 0 Å². The van der Waals surface area contributed by atoms with Gasteiger partial charge in [-0.05, 0) is 33.9 Å². The largest absolute Gasteiger partial charge is 0.393 e. The van der Waals surface area contributed by atoms with Crippen molar-refractivity contribution in [3.63, 3.8) is 0 Å². The second-order valence-electron chi connectivity index (χ2n) is 3.18. The normalized spacial score (nSPS) is 16.9. The van der Waals surface area contributed by atoms with E-state index in [2.05, 4.69) is 4.90 Å². The Kier molecular flexibility index (Phi) is 5.92. The molecule has 0 aromatic rings. The van der Waals surface area contributed by atoms with E-state index in [1.807, 2.05) is 21.0 Å². The molecule has 68 valence electrons. The van der Waals surface area contributed by atoms with Gasteiger partial charge in [-0.25, -0.2) is 0 Å². The molecule has 2 nitrogen and oxygen atoms in total. The Bertz CT molecular complexity index is 96.1. The average molecular weight is 180 g/mol. The maximum absolute atomic E-state index is 9.13. The number of hydrogen-bond acceptors (Lipinski definition) is 2. The summed E-state index contributed by atoms with van der Waals surface area (Å²) in [6, 6.07) is 0.410. The highest BCUT2D eigenvalue weighted by Gasteiger charge is 2.12. The molecule has 2 atom stereocenters. The topological polar surface area (TPSA) is 23.5 Å². The Balaban J connectivity index is 3.69. The van der Waals surface area contributed by atoms with Gasteiger partial charge in [-0.15, -0.1) is 11.6 Å². The van der Waals surface area contributed by atoms with E-state index in [-0.39, 0.29) is 6.10 Å². The highest BCUT2D eigenvalue weighted by molar-refractivity contribution is 6.17. The van der Waals surface area contributed by atoms with Crippen molar-refractivity contribution in [1.29, 1.82) is 0 Å². The molecule has 0 aliphatic carbocycles. The first-order valence-corrected chi connectivity index (χ1v) is 4.51. The lowest BCUT2D eigenvalue weighted by atomic mass is 10.1. The molecule has 0 radical (unpaired) electrons. The minimum atomic E-state index is -0.231. The Morgan fingerprint density at radius 1 is 1.45 bits per heavy atom. The minimum absolute atomic E-state index is 0.231. The summed E-state index contributed by atoms with van der Waals surface area (Å²) in [6.45, 7) is 1.81. The summed E-state index contributed by atoms with van der Waals surface area (Å²) in [4.78, 5) is 2.11. The van der Waals surface area contributed by atoms with Crippen LogP contribution in [-0.4, -0.2) is 42.1 Å². The predicted molar refractivity (Wildman–Crippen MR) is 49.1 cm³/mol. The molecule has 3 heteroatoms. The molecular formula is C8H18ClNO. The molecule has 2 unspecified atom stereocenters. The Morgan fingerprint density at radius 3 is 2.27 bits per heavy atom. The van der Waals surface area contributed by atoms with Gasteiger partial charge >= 0.3 is 0 Å². The minimum Gasteiger partial charge on any atom is -0.393 e. The maximum atomic E-state index is 9.13. The van der Waals surface area contributed by atoms with E-state index in [4.69, 9.17) is 16.7 Å². The van der Waals surface area contributed by atoms with Crippen LogP contribution in [0.2, 0.25) is 0 Å². The Labute approximate surface area is 74.2 Å². The van der Waals surface area contributed by atoms with Crippen LogP contribution < -0.4 is 0 Å². The van der Waals surface area contributed by atoms with Crippen molar-refractivity contribution in [2.75, 3.05) is 20.0 Å². The van der Waals surface area contributed by atoms with Crippen LogP contribution in [0.25, 0.3) is 0 Å². The summed E-state index contributed by atoms with van der Waals surface area (Å²) in [5.41, 5.74) is 0. The van der Waals surface area contributed by atoms with E-state index >= 15 is 0 Å². The monoisotopic (exact) mass is 179 g/mol. The van der Waals surface area contributed by atoms with Crippen molar-refractivity contribution in [2.24, 2.45) is 0 Å². The Morgan fingerprint density at radius 2 is 2.00 bits per heavy atom. The predicted octanol–water partition coefficient (Wildman–Crippen LogP) is 1.32. The quantitative estimate of drug-likeness (QED) is 0.644. The molecule has 0 saturated heterocycles. The van der Waals surface area contributed by atoms with Crippen LogP contribution >= 0.6 is 11.6 Å². The summed E-state index contributed by atoms with van der Waals surface area (Å²) in [5.74, 6) is 0.662. The van der Waals surface area contributed by atoms with Gasteiger partial charge in [-0.3, -0.25) is 0 Å². The first-order chi connectivity index (χ1) is 5.07. The van der Waals surface area contributed by atoms with Crippen molar-refractivity contribution < 1.29 is 5.11 Å². The molecule has 0 spiro atoms. The van der Waals surface area contributed by atoms with Crippen molar-refractivity contribution in [2.45, 2.75) is 31.9 Å². The van der Waals surface area contributed by atoms with E-state index in [1.165, 1.54) is 0 Å². The highest BCUT2D eigenvalue weighted by atomic mass is 35.5. The van der Waals surface area contributed by atoms with Gasteiger partial charge in [0.15, 0.2) is 0 Å². The van der Waals surface area contributed by atoms with Gasteiger partial charge in [0.1, 0.15) is 0 Å². The summed E-state index contributed by atoms with van der Waals surface area (Å²) in [7, 11) is 4.03. The molecule has 0 aliphatic rings. The Hall–Kier alpha value is 0.210. The fraction of sp³-hybridized carbons (Fsp3) is 1.00. The summed E-state index contributed by atoms with van der Waals surface area (Å²) in [6.07, 6.45) is 1.52. The van der Waals surface area contributed by atoms with Gasteiger partial charge in [0.2, 0.25) is 0 Å². The molecule has 1 N–H and O–H groups in total. The zero-order chi connectivity index (χ0) is 8.85. The molecule has 0 saturated carbocycles. The lowest BCUT2D eigenvalue weighted by molar-refractivity contribution is 0.136. The molecular weight excluding hydrogens is 162 g/mol. The maximum Gasteiger partial charge on any atom is 0.0527 e. The summed E-state index contributed by atoms with van der Waals surface area (Å²) >= 11 is 5.62. The van der Waals surface area contributed by atoms with Crippen LogP contribution in [0.5, 0.6) is 0 Å². The number of hydrogen-bond donors (Lipinski definition) is 1. The molecule has 0 aromatic heterocycles. The van der Waals surface area contributed by atoms with Gasteiger partial charge in [-0.2, -0.15) is 0 Å². The number of halogens is 1. The zero-order valence-electron chi connectivity index (χ0n) is 7.55. The van der Waals surface area contributed by atoms with Crippen LogP contribution in [0.3, 0.4) is 0 Å². The standard InChI is InChI=1S/C8H18ClNO/c1-7(11)6-8(4-5-9)10(2)3/h7-8,11H,4-6H2,1-3H3. The van der Waals surface area contributed by atoms with Crippen LogP contribution in [0.4, 0.5) is 0 Å². The van der Waals surface area contributed by atoms with Gasteiger partial charge in [0.25, 0.3) is 0 Å². The smallest absolute Gasteiger partial charge is 0.0527 e. The summed E-state index contributed by atoms with van der Waals surface area (Å²) in [5, 5.41) is 9.13. The van der Waals surface area contributed by atoms with E-state index < -0.39 is 0 Å². The first-order valence-electron chi connectivity index (χ1n) is 3.98. The number of rotatable bonds is 5. The third-order valence-corrected chi connectivity index (χ3v) is 2.00. The van der Waals surface area contributed by atoms with Gasteiger partial charge in [0, 0.05) is 11.9 Å². The zero-order valence-corrected chi connectivity index (χ0v) is 8.30. The van der Waals surface area contributed by atoms with Crippen molar-refractivity contribution in [1.82, 2.24) is 4.90 Å². The lowest BCUT2D eigenvalue weighted by Gasteiger charge is -2.24. The molecule has 0 amide bonds. The van der Waals surface area contributed by atoms with Crippen molar-refractivity contribution in [3.05, 3.63) is 0 Å². The fourth-order valence-electron chi connectivity index (χ4n) is 1.11. The molecule has 0 aliphatic heterocycles. The lowest BCUT2D eigenvalue weighted by Crippen LogP contribution is -2.31. The van der Waals surface area contributed by atoms with E-state index in [1.54, 1.807) is 0 Å². The molecule has 0 fully saturated rings. The van der Waals surface area contributed by atoms with E-state index in [9.17, 15) is 0 Å².